The number of nitrogens with one attached hydrogen (secondary N) is 3. The molecule has 0 bridgehead atoms. The minimum Gasteiger partial charge on any atom is -0.438 e. The van der Waals surface area contributed by atoms with Crippen molar-refractivity contribution in [3.8, 4) is 22.9 Å². The van der Waals surface area contributed by atoms with Gasteiger partial charge in [-0.05, 0) is 48.4 Å². The van der Waals surface area contributed by atoms with E-state index >= 15 is 0 Å². The van der Waals surface area contributed by atoms with Crippen LogP contribution in [0.1, 0.15) is 5.56 Å². The van der Waals surface area contributed by atoms with Crippen molar-refractivity contribution in [3.05, 3.63) is 73.1 Å². The average Bonchev–Trinajstić information content (AvgIpc) is 3.25. The molecule has 4 N–H and O–H groups in total. The van der Waals surface area contributed by atoms with E-state index in [2.05, 4.69) is 32.2 Å². The summed E-state index contributed by atoms with van der Waals surface area (Å²) >= 11 is 0. The maximum absolute atomic E-state index is 11.7. The summed E-state index contributed by atoms with van der Waals surface area (Å²) in [6, 6.07) is 15.2. The number of hydrogen-bond acceptors (Lipinski definition) is 6. The van der Waals surface area contributed by atoms with Gasteiger partial charge in [-0.15, -0.1) is 0 Å². The van der Waals surface area contributed by atoms with Crippen molar-refractivity contribution in [2.45, 2.75) is 6.92 Å². The summed E-state index contributed by atoms with van der Waals surface area (Å²) in [6.45, 7) is 5.95. The number of aryl methyl sites for hydroxylation is 1. The molecule has 0 fully saturated rings. The maximum Gasteiger partial charge on any atom is 0.247 e. The standard InChI is InChI=1S/C24H23N5O3/c1-3-22(31)28-20-12-18(9-4-15(20)2)32-24-19-13-21(29-23(19)26-14-27-24)16-5-7-17(8-6-16)25-10-11-30/h3-9,12-14,25,30H,1,10-11H2,2H3,(H,28,31)(H,26,27,29). The number of carbonyl (C=O) groups excluding carboxylic acids is 1. The first-order valence-electron chi connectivity index (χ1n) is 10.1. The van der Waals surface area contributed by atoms with Crippen LogP contribution in [0.4, 0.5) is 11.4 Å². The average molecular weight is 429 g/mol. The molecule has 0 spiro atoms. The van der Waals surface area contributed by atoms with Crippen molar-refractivity contribution in [2.24, 2.45) is 0 Å². The van der Waals surface area contributed by atoms with Gasteiger partial charge in [0.15, 0.2) is 0 Å². The number of anilines is 2. The molecule has 1 amide bonds. The molecule has 0 aliphatic rings. The number of rotatable bonds is 8. The highest BCUT2D eigenvalue weighted by atomic mass is 16.5. The fourth-order valence-corrected chi connectivity index (χ4v) is 3.22. The predicted molar refractivity (Wildman–Crippen MR) is 125 cm³/mol. The number of fused-ring (bicyclic) bond motifs is 1. The van der Waals surface area contributed by atoms with Gasteiger partial charge in [0.05, 0.1) is 12.0 Å². The number of aromatic nitrogens is 3. The van der Waals surface area contributed by atoms with Gasteiger partial charge in [-0.1, -0.05) is 24.8 Å². The summed E-state index contributed by atoms with van der Waals surface area (Å²) < 4.78 is 6.03. The van der Waals surface area contributed by atoms with Crippen LogP contribution in [0.5, 0.6) is 11.6 Å². The van der Waals surface area contributed by atoms with Gasteiger partial charge in [-0.2, -0.15) is 0 Å². The molecule has 2 aromatic carbocycles. The van der Waals surface area contributed by atoms with E-state index in [0.29, 0.717) is 29.5 Å². The molecule has 4 rings (SSSR count). The molecular formula is C24H23N5O3. The molecule has 0 saturated carbocycles. The van der Waals surface area contributed by atoms with E-state index in [4.69, 9.17) is 9.84 Å². The summed E-state index contributed by atoms with van der Waals surface area (Å²) in [7, 11) is 0. The van der Waals surface area contributed by atoms with Crippen LogP contribution in [-0.2, 0) is 4.79 Å². The van der Waals surface area contributed by atoms with E-state index in [1.807, 2.05) is 49.4 Å². The molecule has 0 atom stereocenters. The van der Waals surface area contributed by atoms with Gasteiger partial charge in [0.25, 0.3) is 0 Å². The van der Waals surface area contributed by atoms with E-state index in [1.54, 1.807) is 6.07 Å². The quantitative estimate of drug-likeness (QED) is 0.312. The molecular weight excluding hydrogens is 406 g/mol. The molecule has 0 unspecified atom stereocenters. The van der Waals surface area contributed by atoms with Gasteiger partial charge >= 0.3 is 0 Å². The van der Waals surface area contributed by atoms with Crippen LogP contribution in [-0.4, -0.2) is 39.1 Å². The van der Waals surface area contributed by atoms with E-state index < -0.39 is 0 Å². The number of aliphatic hydroxyl groups excluding tert-OH is 1. The Morgan fingerprint density at radius 1 is 1.19 bits per heavy atom. The second kappa shape index (κ2) is 9.32. The molecule has 2 aromatic heterocycles. The molecule has 0 radical (unpaired) electrons. The summed E-state index contributed by atoms with van der Waals surface area (Å²) in [5.74, 6) is 0.656. The van der Waals surface area contributed by atoms with Gasteiger partial charge in [0.1, 0.15) is 17.7 Å². The Bertz CT molecular complexity index is 1260. The highest BCUT2D eigenvalue weighted by molar-refractivity contribution is 5.99. The van der Waals surface area contributed by atoms with Gasteiger partial charge in [0, 0.05) is 29.7 Å². The molecule has 162 valence electrons. The van der Waals surface area contributed by atoms with Crippen LogP contribution >= 0.6 is 0 Å². The predicted octanol–water partition coefficient (Wildman–Crippen LogP) is 4.25. The normalized spacial score (nSPS) is 10.7. The first kappa shape index (κ1) is 21.1. The van der Waals surface area contributed by atoms with Crippen LogP contribution in [0.2, 0.25) is 0 Å². The number of H-pyrrole nitrogens is 1. The third-order valence-electron chi connectivity index (χ3n) is 4.89. The minimum atomic E-state index is -0.289. The zero-order valence-electron chi connectivity index (χ0n) is 17.6. The van der Waals surface area contributed by atoms with Crippen molar-refractivity contribution in [1.29, 1.82) is 0 Å². The Balaban J connectivity index is 1.61. The summed E-state index contributed by atoms with van der Waals surface area (Å²) in [4.78, 5) is 23.6. The summed E-state index contributed by atoms with van der Waals surface area (Å²) in [5.41, 5.74) is 4.99. The second-order valence-electron chi connectivity index (χ2n) is 7.12. The van der Waals surface area contributed by atoms with Gasteiger partial charge in [0.2, 0.25) is 11.8 Å². The lowest BCUT2D eigenvalue weighted by molar-refractivity contribution is -0.111. The lowest BCUT2D eigenvalue weighted by Gasteiger charge is -2.10. The molecule has 32 heavy (non-hydrogen) atoms. The van der Waals surface area contributed by atoms with E-state index in [-0.39, 0.29) is 12.5 Å². The van der Waals surface area contributed by atoms with Gasteiger partial charge in [-0.25, -0.2) is 9.97 Å². The molecule has 2 heterocycles. The van der Waals surface area contributed by atoms with Crippen LogP contribution in [0.15, 0.2) is 67.5 Å². The second-order valence-corrected chi connectivity index (χ2v) is 7.12. The van der Waals surface area contributed by atoms with E-state index in [1.165, 1.54) is 12.4 Å². The number of nitrogens with zero attached hydrogens (tertiary/aromatic N) is 2. The number of carbonyl (C=O) groups is 1. The Kier molecular flexibility index (Phi) is 6.14. The molecule has 0 saturated heterocycles. The first-order valence-corrected chi connectivity index (χ1v) is 10.1. The molecule has 8 nitrogen and oxygen atoms in total. The van der Waals surface area contributed by atoms with Crippen molar-refractivity contribution in [2.75, 3.05) is 23.8 Å². The van der Waals surface area contributed by atoms with E-state index in [9.17, 15) is 4.79 Å². The maximum atomic E-state index is 11.7. The summed E-state index contributed by atoms with van der Waals surface area (Å²) in [6.07, 6.45) is 2.66. The molecule has 4 aromatic rings. The highest BCUT2D eigenvalue weighted by Gasteiger charge is 2.12. The number of aliphatic hydroxyl groups is 1. The Hall–Kier alpha value is -4.17. The molecule has 8 heteroatoms. The van der Waals surface area contributed by atoms with Crippen molar-refractivity contribution in [3.63, 3.8) is 0 Å². The van der Waals surface area contributed by atoms with Gasteiger partial charge in [-0.3, -0.25) is 4.79 Å². The molecule has 0 aliphatic carbocycles. The van der Waals surface area contributed by atoms with Crippen LogP contribution < -0.4 is 15.4 Å². The summed E-state index contributed by atoms with van der Waals surface area (Å²) in [5, 5.41) is 15.6. The number of aromatic amines is 1. The van der Waals surface area contributed by atoms with Crippen molar-refractivity contribution < 1.29 is 14.6 Å². The van der Waals surface area contributed by atoms with E-state index in [0.717, 1.165) is 27.9 Å². The third-order valence-corrected chi connectivity index (χ3v) is 4.89. The third kappa shape index (κ3) is 4.60. The van der Waals surface area contributed by atoms with Crippen LogP contribution in [0, 0.1) is 6.92 Å². The van der Waals surface area contributed by atoms with Crippen LogP contribution in [0.25, 0.3) is 22.3 Å². The monoisotopic (exact) mass is 429 g/mol. The number of ether oxygens (including phenoxy) is 1. The fraction of sp³-hybridized carbons (Fsp3) is 0.125. The highest BCUT2D eigenvalue weighted by Crippen LogP contribution is 2.32. The fourth-order valence-electron chi connectivity index (χ4n) is 3.22. The van der Waals surface area contributed by atoms with Crippen molar-refractivity contribution in [1.82, 2.24) is 15.0 Å². The largest absolute Gasteiger partial charge is 0.438 e. The lowest BCUT2D eigenvalue weighted by Crippen LogP contribution is -2.08. The number of benzene rings is 2. The topological polar surface area (TPSA) is 112 Å². The lowest BCUT2D eigenvalue weighted by atomic mass is 10.1. The number of amides is 1. The zero-order valence-corrected chi connectivity index (χ0v) is 17.6. The van der Waals surface area contributed by atoms with Gasteiger partial charge < -0.3 is 25.5 Å². The zero-order chi connectivity index (χ0) is 22.5. The minimum absolute atomic E-state index is 0.0777. The Labute approximate surface area is 185 Å². The Morgan fingerprint density at radius 3 is 2.75 bits per heavy atom. The number of hydrogen-bond donors (Lipinski definition) is 4. The first-order chi connectivity index (χ1) is 15.6. The van der Waals surface area contributed by atoms with Crippen LogP contribution in [0.3, 0.4) is 0 Å². The molecule has 0 aliphatic heterocycles. The van der Waals surface area contributed by atoms with Crippen molar-refractivity contribution >= 4 is 28.3 Å². The Morgan fingerprint density at radius 2 is 2.00 bits per heavy atom. The smallest absolute Gasteiger partial charge is 0.247 e. The SMILES string of the molecule is C=CC(=O)Nc1cc(Oc2ncnc3[nH]c(-c4ccc(NCCO)cc4)cc23)ccc1C.